The smallest absolute Gasteiger partial charge is 0.272 e. The van der Waals surface area contributed by atoms with Crippen LogP contribution in [0.4, 0.5) is 5.69 Å². The molecule has 2 aliphatic heterocycles. The molecule has 148 valence electrons. The molecule has 2 fully saturated rings. The van der Waals surface area contributed by atoms with Crippen molar-refractivity contribution in [3.05, 3.63) is 53.9 Å². The first kappa shape index (κ1) is 18.7. The van der Waals surface area contributed by atoms with Crippen molar-refractivity contribution in [1.82, 2.24) is 9.88 Å². The van der Waals surface area contributed by atoms with Gasteiger partial charge in [0.15, 0.2) is 5.79 Å². The van der Waals surface area contributed by atoms with Gasteiger partial charge in [-0.05, 0) is 18.2 Å². The Balaban J connectivity index is 1.33. The molecule has 1 aromatic carbocycles. The van der Waals surface area contributed by atoms with E-state index in [2.05, 4.69) is 10.3 Å². The van der Waals surface area contributed by atoms with Gasteiger partial charge in [0, 0.05) is 38.0 Å². The Morgan fingerprint density at radius 2 is 1.93 bits per heavy atom. The van der Waals surface area contributed by atoms with Crippen molar-refractivity contribution in [3.63, 3.8) is 0 Å². The number of pyridine rings is 1. The molecule has 7 nitrogen and oxygen atoms in total. The Labute approximate surface area is 164 Å². The second-order valence-electron chi connectivity index (χ2n) is 7.00. The van der Waals surface area contributed by atoms with E-state index in [1.165, 1.54) is 0 Å². The lowest BCUT2D eigenvalue weighted by Gasteiger charge is -2.37. The summed E-state index contributed by atoms with van der Waals surface area (Å²) >= 11 is 0. The van der Waals surface area contributed by atoms with E-state index < -0.39 is 5.79 Å². The SMILES string of the molecule is COc1ccccc1CNc1ccc(C(=O)N2CCC3(CC2)OCCO3)nc1. The highest BCUT2D eigenvalue weighted by Crippen LogP contribution is 2.31. The molecule has 0 aliphatic carbocycles. The molecule has 2 aromatic rings. The summed E-state index contributed by atoms with van der Waals surface area (Å²) in [5, 5.41) is 3.31. The Kier molecular flexibility index (Phi) is 5.45. The zero-order valence-electron chi connectivity index (χ0n) is 16.0. The summed E-state index contributed by atoms with van der Waals surface area (Å²) in [6, 6.07) is 11.5. The van der Waals surface area contributed by atoms with Gasteiger partial charge >= 0.3 is 0 Å². The molecule has 1 aromatic heterocycles. The summed E-state index contributed by atoms with van der Waals surface area (Å²) in [7, 11) is 1.66. The normalized spacial score (nSPS) is 18.2. The minimum absolute atomic E-state index is 0.0517. The van der Waals surface area contributed by atoms with Gasteiger partial charge in [-0.25, -0.2) is 4.98 Å². The predicted octanol–water partition coefficient (Wildman–Crippen LogP) is 2.68. The molecular weight excluding hydrogens is 358 g/mol. The Morgan fingerprint density at radius 3 is 2.61 bits per heavy atom. The van der Waals surface area contributed by atoms with Crippen molar-refractivity contribution in [1.29, 1.82) is 0 Å². The number of carbonyl (C=O) groups is 1. The molecule has 0 saturated carbocycles. The number of nitrogens with one attached hydrogen (secondary N) is 1. The van der Waals surface area contributed by atoms with E-state index in [0.717, 1.165) is 17.0 Å². The van der Waals surface area contributed by atoms with Crippen molar-refractivity contribution in [3.8, 4) is 5.75 Å². The second-order valence-corrected chi connectivity index (χ2v) is 7.00. The molecule has 0 atom stereocenters. The second kappa shape index (κ2) is 8.16. The molecule has 2 aliphatic rings. The molecule has 28 heavy (non-hydrogen) atoms. The maximum atomic E-state index is 12.7. The van der Waals surface area contributed by atoms with E-state index >= 15 is 0 Å². The van der Waals surface area contributed by atoms with Crippen LogP contribution < -0.4 is 10.1 Å². The fourth-order valence-electron chi connectivity index (χ4n) is 3.67. The van der Waals surface area contributed by atoms with Crippen LogP contribution in [0.5, 0.6) is 5.75 Å². The summed E-state index contributed by atoms with van der Waals surface area (Å²) in [4.78, 5) is 18.9. The van der Waals surface area contributed by atoms with Crippen LogP contribution in [0.2, 0.25) is 0 Å². The Bertz CT molecular complexity index is 809. The van der Waals surface area contributed by atoms with Crippen molar-refractivity contribution in [2.45, 2.75) is 25.2 Å². The summed E-state index contributed by atoms with van der Waals surface area (Å²) in [5.41, 5.74) is 2.36. The number of methoxy groups -OCH3 is 1. The monoisotopic (exact) mass is 383 g/mol. The molecule has 7 heteroatoms. The standard InChI is InChI=1S/C21H25N3O4/c1-26-19-5-3-2-4-16(19)14-22-17-6-7-18(23-15-17)20(25)24-10-8-21(9-11-24)27-12-13-28-21/h2-7,15,22H,8-14H2,1H3. The van der Waals surface area contributed by atoms with E-state index in [0.29, 0.717) is 51.4 Å². The molecule has 0 bridgehead atoms. The molecular formula is C21H25N3O4. The van der Waals surface area contributed by atoms with Crippen LogP contribution in [0, 0.1) is 0 Å². The highest BCUT2D eigenvalue weighted by Gasteiger charge is 2.40. The Hall–Kier alpha value is -2.64. The minimum Gasteiger partial charge on any atom is -0.496 e. The van der Waals surface area contributed by atoms with Crippen LogP contribution in [-0.2, 0) is 16.0 Å². The van der Waals surface area contributed by atoms with E-state index in [9.17, 15) is 4.79 Å². The number of rotatable bonds is 5. The third kappa shape index (κ3) is 3.95. The van der Waals surface area contributed by atoms with Crippen LogP contribution in [0.1, 0.15) is 28.9 Å². The number of benzene rings is 1. The number of amides is 1. The van der Waals surface area contributed by atoms with E-state index in [-0.39, 0.29) is 5.91 Å². The summed E-state index contributed by atoms with van der Waals surface area (Å²) in [6.45, 7) is 3.13. The number of aromatic nitrogens is 1. The molecule has 0 radical (unpaired) electrons. The highest BCUT2D eigenvalue weighted by atomic mass is 16.7. The number of para-hydroxylation sites is 1. The fraction of sp³-hybridized carbons (Fsp3) is 0.429. The van der Waals surface area contributed by atoms with Crippen LogP contribution in [0.3, 0.4) is 0 Å². The average molecular weight is 383 g/mol. The van der Waals surface area contributed by atoms with Crippen molar-refractivity contribution in [2.24, 2.45) is 0 Å². The van der Waals surface area contributed by atoms with Gasteiger partial charge in [-0.3, -0.25) is 4.79 Å². The van der Waals surface area contributed by atoms with Gasteiger partial charge in [0.05, 0.1) is 32.2 Å². The first-order valence-electron chi connectivity index (χ1n) is 9.58. The Morgan fingerprint density at radius 1 is 1.18 bits per heavy atom. The van der Waals surface area contributed by atoms with Gasteiger partial charge < -0.3 is 24.4 Å². The summed E-state index contributed by atoms with van der Waals surface area (Å²) in [5.74, 6) is 0.313. The maximum absolute atomic E-state index is 12.7. The van der Waals surface area contributed by atoms with Crippen LogP contribution in [0.15, 0.2) is 42.6 Å². The first-order chi connectivity index (χ1) is 13.7. The van der Waals surface area contributed by atoms with Crippen LogP contribution >= 0.6 is 0 Å². The molecule has 1 spiro atoms. The quantitative estimate of drug-likeness (QED) is 0.856. The lowest BCUT2D eigenvalue weighted by molar-refractivity contribution is -0.181. The molecule has 4 rings (SSSR count). The van der Waals surface area contributed by atoms with Gasteiger partial charge in [0.25, 0.3) is 5.91 Å². The molecule has 2 saturated heterocycles. The largest absolute Gasteiger partial charge is 0.496 e. The average Bonchev–Trinajstić information content (AvgIpc) is 3.21. The highest BCUT2D eigenvalue weighted by molar-refractivity contribution is 5.92. The zero-order valence-corrected chi connectivity index (χ0v) is 16.0. The van der Waals surface area contributed by atoms with Gasteiger partial charge in [-0.15, -0.1) is 0 Å². The molecule has 3 heterocycles. The molecule has 1 N–H and O–H groups in total. The maximum Gasteiger partial charge on any atom is 0.272 e. The lowest BCUT2D eigenvalue weighted by Crippen LogP contribution is -2.47. The molecule has 1 amide bonds. The van der Waals surface area contributed by atoms with Crippen LogP contribution in [-0.4, -0.2) is 55.0 Å². The summed E-state index contributed by atoms with van der Waals surface area (Å²) in [6.07, 6.45) is 3.10. The van der Waals surface area contributed by atoms with E-state index in [1.807, 2.05) is 35.2 Å². The van der Waals surface area contributed by atoms with Crippen molar-refractivity contribution >= 4 is 11.6 Å². The third-order valence-corrected chi connectivity index (χ3v) is 5.28. The van der Waals surface area contributed by atoms with Crippen molar-refractivity contribution < 1.29 is 19.0 Å². The van der Waals surface area contributed by atoms with Gasteiger partial charge in [-0.1, -0.05) is 18.2 Å². The fourth-order valence-corrected chi connectivity index (χ4v) is 3.67. The molecule has 0 unspecified atom stereocenters. The van der Waals surface area contributed by atoms with Gasteiger partial charge in [0.2, 0.25) is 0 Å². The van der Waals surface area contributed by atoms with Gasteiger partial charge in [-0.2, -0.15) is 0 Å². The minimum atomic E-state index is -0.476. The topological polar surface area (TPSA) is 72.9 Å². The predicted molar refractivity (Wildman–Crippen MR) is 104 cm³/mol. The van der Waals surface area contributed by atoms with Crippen LogP contribution in [0.25, 0.3) is 0 Å². The van der Waals surface area contributed by atoms with Gasteiger partial charge in [0.1, 0.15) is 11.4 Å². The number of hydrogen-bond donors (Lipinski definition) is 1. The number of ether oxygens (including phenoxy) is 3. The summed E-state index contributed by atoms with van der Waals surface area (Å²) < 4.78 is 16.8. The number of piperidine rings is 1. The lowest BCUT2D eigenvalue weighted by atomic mass is 10.0. The first-order valence-corrected chi connectivity index (χ1v) is 9.58. The number of likely N-dealkylation sites (tertiary alicyclic amines) is 1. The van der Waals surface area contributed by atoms with Crippen molar-refractivity contribution in [2.75, 3.05) is 38.7 Å². The number of hydrogen-bond acceptors (Lipinski definition) is 6. The van der Waals surface area contributed by atoms with E-state index in [4.69, 9.17) is 14.2 Å². The number of anilines is 1. The van der Waals surface area contributed by atoms with E-state index in [1.54, 1.807) is 19.4 Å². The number of nitrogens with zero attached hydrogens (tertiary/aromatic N) is 2. The zero-order chi connectivity index (χ0) is 19.4. The number of carbonyl (C=O) groups excluding carboxylic acids is 1. The third-order valence-electron chi connectivity index (χ3n) is 5.28.